The second-order valence-corrected chi connectivity index (χ2v) is 8.30. The van der Waals surface area contributed by atoms with Crippen LogP contribution in [0.15, 0.2) is 52.9 Å². The average Bonchev–Trinajstić information content (AvgIpc) is 3.41. The number of hydrogen-bond donors (Lipinski definition) is 0. The highest BCUT2D eigenvalue weighted by Gasteiger charge is 2.20. The standard InChI is InChI=1S/C27H25FN4O4/c1-15-12-23(30-26-24(15)16(2)31-32(26)19-9-6-8-18(28)13-19)35-14-21-17(3)36-27(29-21)20-10-7-11-22(33-4)25(20)34-5/h6-13H,14H2,1-5H3. The Morgan fingerprint density at radius 2 is 1.78 bits per heavy atom. The van der Waals surface area contributed by atoms with E-state index in [0.717, 1.165) is 16.6 Å². The van der Waals surface area contributed by atoms with Crippen molar-refractivity contribution in [3.63, 3.8) is 0 Å². The minimum Gasteiger partial charge on any atom is -0.493 e. The molecule has 0 N–H and O–H groups in total. The van der Waals surface area contributed by atoms with E-state index in [4.69, 9.17) is 18.6 Å². The Kier molecular flexibility index (Phi) is 6.05. The topological polar surface area (TPSA) is 84.4 Å². The normalized spacial score (nSPS) is 11.2. The summed E-state index contributed by atoms with van der Waals surface area (Å²) in [7, 11) is 3.15. The lowest BCUT2D eigenvalue weighted by Crippen LogP contribution is -2.02. The number of pyridine rings is 1. The van der Waals surface area contributed by atoms with Gasteiger partial charge >= 0.3 is 0 Å². The van der Waals surface area contributed by atoms with Crippen molar-refractivity contribution >= 4 is 11.0 Å². The molecule has 0 radical (unpaired) electrons. The molecule has 3 aromatic heterocycles. The highest BCUT2D eigenvalue weighted by molar-refractivity contribution is 5.84. The molecule has 36 heavy (non-hydrogen) atoms. The smallest absolute Gasteiger partial charge is 0.230 e. The van der Waals surface area contributed by atoms with Crippen molar-refractivity contribution in [3.8, 4) is 34.5 Å². The van der Waals surface area contributed by atoms with E-state index in [0.29, 0.717) is 51.6 Å². The molecule has 0 bridgehead atoms. The molecule has 0 saturated heterocycles. The number of ether oxygens (including phenoxy) is 3. The predicted octanol–water partition coefficient (Wildman–Crippen LogP) is 5.74. The summed E-state index contributed by atoms with van der Waals surface area (Å²) < 4.78 is 38.3. The van der Waals surface area contributed by atoms with Crippen molar-refractivity contribution in [2.75, 3.05) is 14.2 Å². The molecule has 2 aromatic carbocycles. The van der Waals surface area contributed by atoms with Crippen LogP contribution in [0.2, 0.25) is 0 Å². The number of nitrogens with zero attached hydrogens (tertiary/aromatic N) is 4. The first-order chi connectivity index (χ1) is 17.4. The molecule has 184 valence electrons. The summed E-state index contributed by atoms with van der Waals surface area (Å²) in [6.45, 7) is 5.84. The van der Waals surface area contributed by atoms with Gasteiger partial charge in [-0.25, -0.2) is 14.1 Å². The maximum Gasteiger partial charge on any atom is 0.230 e. The van der Waals surface area contributed by atoms with Crippen molar-refractivity contribution in [1.29, 1.82) is 0 Å². The Labute approximate surface area is 207 Å². The van der Waals surface area contributed by atoms with Crippen LogP contribution in [0.1, 0.15) is 22.7 Å². The van der Waals surface area contributed by atoms with E-state index < -0.39 is 0 Å². The minimum atomic E-state index is -0.345. The van der Waals surface area contributed by atoms with Crippen molar-refractivity contribution in [3.05, 3.63) is 77.1 Å². The molecule has 0 aliphatic rings. The number of benzene rings is 2. The summed E-state index contributed by atoms with van der Waals surface area (Å²) in [6, 6.07) is 13.6. The first kappa shape index (κ1) is 23.3. The second kappa shape index (κ2) is 9.33. The molecular formula is C27H25FN4O4. The fraction of sp³-hybridized carbons (Fsp3) is 0.222. The van der Waals surface area contributed by atoms with Gasteiger partial charge in [0.25, 0.3) is 0 Å². The highest BCUT2D eigenvalue weighted by atomic mass is 19.1. The lowest BCUT2D eigenvalue weighted by Gasteiger charge is -2.10. The molecule has 5 aromatic rings. The lowest BCUT2D eigenvalue weighted by molar-refractivity contribution is 0.288. The summed E-state index contributed by atoms with van der Waals surface area (Å²) in [4.78, 5) is 9.31. The molecule has 0 unspecified atom stereocenters. The van der Waals surface area contributed by atoms with Crippen LogP contribution in [0.4, 0.5) is 4.39 Å². The summed E-state index contributed by atoms with van der Waals surface area (Å²) in [5.41, 5.74) is 4.23. The van der Waals surface area contributed by atoms with E-state index in [2.05, 4.69) is 15.1 Å². The molecule has 0 amide bonds. The van der Waals surface area contributed by atoms with Crippen LogP contribution in [0.3, 0.4) is 0 Å². The Hall–Kier alpha value is -4.40. The molecule has 0 atom stereocenters. The van der Waals surface area contributed by atoms with Crippen molar-refractivity contribution in [1.82, 2.24) is 19.7 Å². The largest absolute Gasteiger partial charge is 0.493 e. The number of hydrogen-bond acceptors (Lipinski definition) is 7. The third-order valence-electron chi connectivity index (χ3n) is 5.92. The van der Waals surface area contributed by atoms with E-state index in [1.165, 1.54) is 12.1 Å². The first-order valence-corrected chi connectivity index (χ1v) is 11.3. The van der Waals surface area contributed by atoms with Crippen LogP contribution in [0.25, 0.3) is 28.2 Å². The SMILES string of the molecule is COc1cccc(-c2nc(COc3cc(C)c4c(C)nn(-c5cccc(F)c5)c4n3)c(C)o2)c1OC. The minimum absolute atomic E-state index is 0.145. The number of rotatable bonds is 7. The molecule has 0 aliphatic carbocycles. The third-order valence-corrected chi connectivity index (χ3v) is 5.92. The van der Waals surface area contributed by atoms with Crippen LogP contribution >= 0.6 is 0 Å². The van der Waals surface area contributed by atoms with Crippen molar-refractivity contribution in [2.45, 2.75) is 27.4 Å². The Morgan fingerprint density at radius 1 is 0.972 bits per heavy atom. The van der Waals surface area contributed by atoms with Gasteiger partial charge in [-0.05, 0) is 56.7 Å². The monoisotopic (exact) mass is 488 g/mol. The highest BCUT2D eigenvalue weighted by Crippen LogP contribution is 2.38. The fourth-order valence-electron chi connectivity index (χ4n) is 4.21. The second-order valence-electron chi connectivity index (χ2n) is 8.30. The molecule has 0 spiro atoms. The molecule has 9 heteroatoms. The zero-order valence-corrected chi connectivity index (χ0v) is 20.6. The molecule has 3 heterocycles. The van der Waals surface area contributed by atoms with Gasteiger partial charge in [-0.1, -0.05) is 12.1 Å². The van der Waals surface area contributed by atoms with Gasteiger partial charge in [-0.15, -0.1) is 0 Å². The molecular weight excluding hydrogens is 463 g/mol. The number of aromatic nitrogens is 4. The first-order valence-electron chi connectivity index (χ1n) is 11.3. The zero-order chi connectivity index (χ0) is 25.4. The van der Waals surface area contributed by atoms with Crippen LogP contribution in [0, 0.1) is 26.6 Å². The number of para-hydroxylation sites is 1. The number of aryl methyl sites for hydroxylation is 3. The average molecular weight is 489 g/mol. The molecule has 8 nitrogen and oxygen atoms in total. The maximum absolute atomic E-state index is 13.9. The maximum atomic E-state index is 13.9. The fourth-order valence-corrected chi connectivity index (χ4v) is 4.21. The molecule has 0 saturated carbocycles. The van der Waals surface area contributed by atoms with E-state index in [-0.39, 0.29) is 12.4 Å². The number of methoxy groups -OCH3 is 2. The lowest BCUT2D eigenvalue weighted by atomic mass is 10.1. The summed E-state index contributed by atoms with van der Waals surface area (Å²) in [5, 5.41) is 5.48. The van der Waals surface area contributed by atoms with Gasteiger partial charge in [0.05, 0.1) is 31.2 Å². The van der Waals surface area contributed by atoms with Gasteiger partial charge in [0.1, 0.15) is 23.9 Å². The van der Waals surface area contributed by atoms with E-state index in [1.807, 2.05) is 45.0 Å². The Bertz CT molecular complexity index is 1570. The Balaban J connectivity index is 1.46. The molecule has 0 aliphatic heterocycles. The van der Waals surface area contributed by atoms with Gasteiger partial charge in [-0.2, -0.15) is 10.1 Å². The third kappa shape index (κ3) is 4.13. The number of halogens is 1. The van der Waals surface area contributed by atoms with E-state index >= 15 is 0 Å². The van der Waals surface area contributed by atoms with E-state index in [9.17, 15) is 4.39 Å². The molecule has 0 fully saturated rings. The summed E-state index contributed by atoms with van der Waals surface area (Å²) in [5.74, 6) is 2.21. The van der Waals surface area contributed by atoms with Gasteiger partial charge in [0.15, 0.2) is 17.1 Å². The number of oxazole rings is 1. The van der Waals surface area contributed by atoms with Gasteiger partial charge in [0, 0.05) is 11.5 Å². The molecule has 5 rings (SSSR count). The summed E-state index contributed by atoms with van der Waals surface area (Å²) >= 11 is 0. The predicted molar refractivity (Wildman–Crippen MR) is 132 cm³/mol. The zero-order valence-electron chi connectivity index (χ0n) is 20.6. The van der Waals surface area contributed by atoms with Crippen LogP contribution < -0.4 is 14.2 Å². The van der Waals surface area contributed by atoms with E-state index in [1.54, 1.807) is 31.0 Å². The van der Waals surface area contributed by atoms with Crippen LogP contribution in [-0.4, -0.2) is 34.0 Å². The van der Waals surface area contributed by atoms with Crippen molar-refractivity contribution < 1.29 is 23.0 Å². The van der Waals surface area contributed by atoms with Crippen molar-refractivity contribution in [2.24, 2.45) is 0 Å². The summed E-state index contributed by atoms with van der Waals surface area (Å²) in [6.07, 6.45) is 0. The van der Waals surface area contributed by atoms with Gasteiger partial charge in [0.2, 0.25) is 11.8 Å². The van der Waals surface area contributed by atoms with Crippen LogP contribution in [-0.2, 0) is 6.61 Å². The van der Waals surface area contributed by atoms with Gasteiger partial charge in [-0.3, -0.25) is 0 Å². The van der Waals surface area contributed by atoms with Crippen LogP contribution in [0.5, 0.6) is 17.4 Å². The number of fused-ring (bicyclic) bond motifs is 1. The quantitative estimate of drug-likeness (QED) is 0.289. The van der Waals surface area contributed by atoms with Gasteiger partial charge < -0.3 is 18.6 Å². The Morgan fingerprint density at radius 3 is 2.53 bits per heavy atom.